The number of fused-ring (bicyclic) bond motifs is 1. The van der Waals surface area contributed by atoms with Crippen molar-refractivity contribution in [3.8, 4) is 5.75 Å². The monoisotopic (exact) mass is 384 g/mol. The van der Waals surface area contributed by atoms with Crippen molar-refractivity contribution in [3.05, 3.63) is 35.9 Å². The summed E-state index contributed by atoms with van der Waals surface area (Å²) in [5.41, 5.74) is -0.0671. The zero-order valence-electron chi connectivity index (χ0n) is 16.7. The van der Waals surface area contributed by atoms with Crippen molar-refractivity contribution in [2.24, 2.45) is 5.41 Å². The highest BCUT2D eigenvalue weighted by atomic mass is 16.5. The Morgan fingerprint density at radius 3 is 2.93 bits per heavy atom. The molecule has 2 fully saturated rings. The maximum atomic E-state index is 12.9. The molecule has 1 aromatic carbocycles. The summed E-state index contributed by atoms with van der Waals surface area (Å²) in [6.07, 6.45) is 6.59. The number of hydrogen-bond acceptors (Lipinski definition) is 6. The van der Waals surface area contributed by atoms with Gasteiger partial charge in [0, 0.05) is 35.2 Å². The number of esters is 1. The number of methoxy groups -OCH3 is 2. The van der Waals surface area contributed by atoms with Gasteiger partial charge in [-0.25, -0.2) is 4.79 Å². The largest absolute Gasteiger partial charge is 0.497 e. The molecule has 1 saturated heterocycles. The van der Waals surface area contributed by atoms with Gasteiger partial charge in [-0.2, -0.15) is 0 Å². The first-order valence-corrected chi connectivity index (χ1v) is 10.1. The van der Waals surface area contributed by atoms with Crippen LogP contribution in [-0.4, -0.2) is 61.0 Å². The van der Waals surface area contributed by atoms with E-state index in [0.29, 0.717) is 6.42 Å². The fourth-order valence-electron chi connectivity index (χ4n) is 6.81. The molecular weight excluding hydrogens is 356 g/mol. The highest BCUT2D eigenvalue weighted by Gasteiger charge is 2.73. The molecular formula is C22H28N2O4. The minimum Gasteiger partial charge on any atom is -0.497 e. The van der Waals surface area contributed by atoms with E-state index in [2.05, 4.69) is 35.4 Å². The van der Waals surface area contributed by atoms with E-state index in [4.69, 9.17) is 9.47 Å². The van der Waals surface area contributed by atoms with Gasteiger partial charge in [-0.1, -0.05) is 25.1 Å². The Morgan fingerprint density at radius 2 is 2.21 bits per heavy atom. The number of aliphatic hydroxyl groups is 1. The third kappa shape index (κ3) is 1.93. The van der Waals surface area contributed by atoms with E-state index < -0.39 is 17.6 Å². The zero-order valence-corrected chi connectivity index (χ0v) is 16.7. The Labute approximate surface area is 165 Å². The molecule has 1 aromatic rings. The van der Waals surface area contributed by atoms with Gasteiger partial charge in [-0.05, 0) is 37.4 Å². The molecule has 6 nitrogen and oxygen atoms in total. The van der Waals surface area contributed by atoms with E-state index in [0.717, 1.165) is 37.4 Å². The molecule has 0 amide bonds. The van der Waals surface area contributed by atoms with E-state index in [1.165, 1.54) is 12.7 Å². The van der Waals surface area contributed by atoms with Gasteiger partial charge in [-0.3, -0.25) is 4.90 Å². The number of rotatable bonds is 3. The first kappa shape index (κ1) is 18.0. The van der Waals surface area contributed by atoms with Gasteiger partial charge in [0.05, 0.1) is 20.3 Å². The van der Waals surface area contributed by atoms with Crippen LogP contribution in [0.4, 0.5) is 5.69 Å². The second-order valence-corrected chi connectivity index (χ2v) is 8.76. The summed E-state index contributed by atoms with van der Waals surface area (Å²) in [4.78, 5) is 15.5. The summed E-state index contributed by atoms with van der Waals surface area (Å²) >= 11 is 0. The van der Waals surface area contributed by atoms with Crippen molar-refractivity contribution in [2.45, 2.75) is 49.3 Å². The zero-order chi connectivity index (χ0) is 19.7. The number of nitrogens with zero attached hydrogens (tertiary/aromatic N) is 1. The van der Waals surface area contributed by atoms with E-state index in [9.17, 15) is 9.90 Å². The van der Waals surface area contributed by atoms with Crippen molar-refractivity contribution in [1.82, 2.24) is 4.90 Å². The number of carbonyl (C=O) groups is 1. The average molecular weight is 384 g/mol. The minimum absolute atomic E-state index is 0.243. The van der Waals surface area contributed by atoms with Gasteiger partial charge in [0.15, 0.2) is 5.60 Å². The summed E-state index contributed by atoms with van der Waals surface area (Å²) in [5.74, 6) is 0.218. The van der Waals surface area contributed by atoms with Crippen molar-refractivity contribution < 1.29 is 19.4 Å². The first-order chi connectivity index (χ1) is 13.4. The van der Waals surface area contributed by atoms with Crippen LogP contribution >= 0.6 is 0 Å². The van der Waals surface area contributed by atoms with E-state index >= 15 is 0 Å². The molecule has 5 atom stereocenters. The van der Waals surface area contributed by atoms with Crippen molar-refractivity contribution in [2.75, 3.05) is 32.6 Å². The predicted molar refractivity (Wildman–Crippen MR) is 106 cm³/mol. The van der Waals surface area contributed by atoms with Crippen molar-refractivity contribution >= 4 is 11.7 Å². The molecule has 28 heavy (non-hydrogen) atoms. The molecule has 5 rings (SSSR count). The molecule has 0 bridgehead atoms. The van der Waals surface area contributed by atoms with Crippen LogP contribution < -0.4 is 10.1 Å². The van der Waals surface area contributed by atoms with Crippen LogP contribution in [0.15, 0.2) is 30.4 Å². The third-order valence-corrected chi connectivity index (χ3v) is 7.82. The number of anilines is 1. The summed E-state index contributed by atoms with van der Waals surface area (Å²) in [7, 11) is 3.01. The van der Waals surface area contributed by atoms with Crippen LogP contribution in [0.3, 0.4) is 0 Å². The van der Waals surface area contributed by atoms with Crippen LogP contribution in [0.25, 0.3) is 0 Å². The second kappa shape index (κ2) is 5.74. The number of hydrogen-bond donors (Lipinski definition) is 2. The number of ether oxygens (including phenoxy) is 2. The molecule has 0 aromatic heterocycles. The Hall–Kier alpha value is -2.05. The summed E-state index contributed by atoms with van der Waals surface area (Å²) in [6.45, 7) is 4.04. The molecule has 4 aliphatic rings. The molecule has 1 unspecified atom stereocenters. The number of benzene rings is 1. The number of nitrogens with one attached hydrogen (secondary N) is 1. The van der Waals surface area contributed by atoms with E-state index in [1.807, 2.05) is 12.1 Å². The maximum absolute atomic E-state index is 12.9. The summed E-state index contributed by atoms with van der Waals surface area (Å²) < 4.78 is 10.5. The van der Waals surface area contributed by atoms with E-state index in [1.54, 1.807) is 7.11 Å². The Kier molecular flexibility index (Phi) is 3.69. The molecule has 1 saturated carbocycles. The molecule has 6 heteroatoms. The summed E-state index contributed by atoms with van der Waals surface area (Å²) in [5, 5.41) is 15.4. The lowest BCUT2D eigenvalue weighted by molar-refractivity contribution is -0.179. The third-order valence-electron chi connectivity index (χ3n) is 7.82. The molecule has 2 N–H and O–H groups in total. The lowest BCUT2D eigenvalue weighted by Crippen LogP contribution is -2.73. The quantitative estimate of drug-likeness (QED) is 0.614. The Bertz CT molecular complexity index is 870. The maximum Gasteiger partial charge on any atom is 0.340 e. The standard InChI is InChI=1S/C22H28N2O4/c1-4-20-8-5-10-24-11-9-21(18(20)24)15-7-6-14(27-2)12-16(15)23-17(21)22(26,13-20)19(25)28-3/h5-8,12,17-18,23,26H,4,9-11,13H2,1-3H3/t17-,18+,20+,21+,22?/m1/s1. The number of carbonyl (C=O) groups excluding carboxylic acids is 1. The summed E-state index contributed by atoms with van der Waals surface area (Å²) in [6, 6.07) is 5.91. The van der Waals surface area contributed by atoms with Gasteiger partial charge < -0.3 is 19.9 Å². The molecule has 0 radical (unpaired) electrons. The van der Waals surface area contributed by atoms with E-state index in [-0.39, 0.29) is 16.9 Å². The average Bonchev–Trinajstić information content (AvgIpc) is 3.28. The van der Waals surface area contributed by atoms with Crippen LogP contribution in [-0.2, 0) is 14.9 Å². The predicted octanol–water partition coefficient (Wildman–Crippen LogP) is 2.08. The topological polar surface area (TPSA) is 71.0 Å². The Morgan fingerprint density at radius 1 is 1.39 bits per heavy atom. The SMILES string of the molecule is CC[C@]12C=CCN3CC[C@@]4(c5ccc(OC)cc5N[C@H]4C(O)(C(=O)OC)C1)[C@@H]32. The Balaban J connectivity index is 1.78. The van der Waals surface area contributed by atoms with Gasteiger partial charge >= 0.3 is 5.97 Å². The molecule has 150 valence electrons. The lowest BCUT2D eigenvalue weighted by Gasteiger charge is -2.59. The lowest BCUT2D eigenvalue weighted by atomic mass is 9.49. The molecule has 1 spiro atoms. The normalized spacial score (nSPS) is 40.3. The van der Waals surface area contributed by atoms with Gasteiger partial charge in [-0.15, -0.1) is 0 Å². The van der Waals surface area contributed by atoms with Crippen LogP contribution in [0.5, 0.6) is 5.75 Å². The van der Waals surface area contributed by atoms with Crippen molar-refractivity contribution in [3.63, 3.8) is 0 Å². The fraction of sp³-hybridized carbons (Fsp3) is 0.591. The van der Waals surface area contributed by atoms with Crippen LogP contribution in [0.2, 0.25) is 0 Å². The highest BCUT2D eigenvalue weighted by molar-refractivity contribution is 5.84. The van der Waals surface area contributed by atoms with Gasteiger partial charge in [0.2, 0.25) is 0 Å². The van der Waals surface area contributed by atoms with Crippen molar-refractivity contribution in [1.29, 1.82) is 0 Å². The minimum atomic E-state index is -1.59. The molecule has 3 heterocycles. The highest BCUT2D eigenvalue weighted by Crippen LogP contribution is 2.65. The fourth-order valence-corrected chi connectivity index (χ4v) is 6.81. The van der Waals surface area contributed by atoms with Crippen LogP contribution in [0.1, 0.15) is 31.7 Å². The first-order valence-electron chi connectivity index (χ1n) is 10.1. The van der Waals surface area contributed by atoms with Gasteiger partial charge in [0.25, 0.3) is 0 Å². The molecule has 1 aliphatic carbocycles. The van der Waals surface area contributed by atoms with Crippen LogP contribution in [0, 0.1) is 5.41 Å². The second-order valence-electron chi connectivity index (χ2n) is 8.76. The smallest absolute Gasteiger partial charge is 0.340 e. The molecule has 3 aliphatic heterocycles. The van der Waals surface area contributed by atoms with Gasteiger partial charge in [0.1, 0.15) is 5.75 Å².